The molecule has 2 aromatic carbocycles. The number of hydrogen-bond donors (Lipinski definition) is 0. The molecule has 0 atom stereocenters. The Balaban J connectivity index is 1.76. The largest absolute Gasteiger partial charge is 0.381 e. The highest BCUT2D eigenvalue weighted by Crippen LogP contribution is 2.49. The predicted octanol–water partition coefficient (Wildman–Crippen LogP) is 5.11. The smallest absolute Gasteiger partial charge is 0.335 e. The summed E-state index contributed by atoms with van der Waals surface area (Å²) < 4.78 is 2.12. The molecule has 0 unspecified atom stereocenters. The number of anilines is 1. The molecule has 4 rings (SSSR count). The number of hydrogen-bond acceptors (Lipinski definition) is 4. The van der Waals surface area contributed by atoms with E-state index < -0.39 is 0 Å². The van der Waals surface area contributed by atoms with Crippen LogP contribution in [0.25, 0.3) is 10.8 Å². The second-order valence-corrected chi connectivity index (χ2v) is 8.65. The van der Waals surface area contributed by atoms with Crippen LogP contribution in [0.1, 0.15) is 20.8 Å². The summed E-state index contributed by atoms with van der Waals surface area (Å²) in [4.78, 5) is 18.4. The second-order valence-electron chi connectivity index (χ2n) is 6.82. The van der Waals surface area contributed by atoms with Crippen molar-refractivity contribution in [2.45, 2.75) is 25.7 Å². The summed E-state index contributed by atoms with van der Waals surface area (Å²) in [5.41, 5.74) is 2.03. The van der Waals surface area contributed by atoms with Crippen LogP contribution in [-0.2, 0) is 4.79 Å². The standard InChI is InChI=1S/C23H26N3OS2/c1-5-24-18(22(27)26(7-3)23(24)28-4)13-15-20-25(6-2)21-17-11-9-8-10-16(17)12-14-19(21)29-20/h8-15H,5-7H2,1-4H3/q+1/b18-13-,20-15-. The Labute approximate surface area is 180 Å². The van der Waals surface area contributed by atoms with E-state index >= 15 is 0 Å². The molecule has 0 saturated carbocycles. The topological polar surface area (TPSA) is 26.6 Å². The van der Waals surface area contributed by atoms with Crippen molar-refractivity contribution in [1.29, 1.82) is 0 Å². The van der Waals surface area contributed by atoms with Gasteiger partial charge in [0.2, 0.25) is 5.70 Å². The maximum absolute atomic E-state index is 13.0. The van der Waals surface area contributed by atoms with E-state index in [2.05, 4.69) is 65.8 Å². The van der Waals surface area contributed by atoms with Crippen molar-refractivity contribution >= 4 is 51.1 Å². The zero-order valence-electron chi connectivity index (χ0n) is 17.3. The molecule has 2 aliphatic rings. The van der Waals surface area contributed by atoms with Crippen LogP contribution in [0.5, 0.6) is 0 Å². The first-order valence-electron chi connectivity index (χ1n) is 10.0. The molecule has 4 nitrogen and oxygen atoms in total. The lowest BCUT2D eigenvalue weighted by molar-refractivity contribution is -0.460. The minimum atomic E-state index is 0.0876. The number of carbonyl (C=O) groups excluding carboxylic acids is 1. The fourth-order valence-electron chi connectivity index (χ4n) is 4.02. The van der Waals surface area contributed by atoms with Gasteiger partial charge >= 0.3 is 11.1 Å². The summed E-state index contributed by atoms with van der Waals surface area (Å²) in [5, 5.41) is 4.71. The van der Waals surface area contributed by atoms with Crippen molar-refractivity contribution in [2.24, 2.45) is 0 Å². The van der Waals surface area contributed by atoms with Crippen LogP contribution < -0.4 is 4.90 Å². The van der Waals surface area contributed by atoms with Crippen molar-refractivity contribution in [1.82, 2.24) is 4.90 Å². The lowest BCUT2D eigenvalue weighted by Gasteiger charge is -2.19. The average Bonchev–Trinajstić information content (AvgIpc) is 3.25. The van der Waals surface area contributed by atoms with Crippen molar-refractivity contribution in [3.63, 3.8) is 0 Å². The molecule has 0 bridgehead atoms. The van der Waals surface area contributed by atoms with Gasteiger partial charge < -0.3 is 4.90 Å². The van der Waals surface area contributed by atoms with Crippen LogP contribution in [0.4, 0.5) is 5.69 Å². The molecule has 0 fully saturated rings. The highest BCUT2D eigenvalue weighted by molar-refractivity contribution is 8.13. The quantitative estimate of drug-likeness (QED) is 0.503. The molecule has 0 aromatic heterocycles. The van der Waals surface area contributed by atoms with Crippen LogP contribution in [0.15, 0.2) is 64.2 Å². The average molecular weight is 425 g/mol. The van der Waals surface area contributed by atoms with E-state index in [0.717, 1.165) is 29.0 Å². The van der Waals surface area contributed by atoms with Gasteiger partial charge in [0.05, 0.1) is 23.8 Å². The SMILES string of the molecule is CCN1C(=O)/C(=C/C=C2\Sc3ccc4ccccc4c3N2CC)[N+](CC)=C1SC. The van der Waals surface area contributed by atoms with Crippen LogP contribution in [-0.4, -0.2) is 46.4 Å². The fraction of sp³-hybridized carbons (Fsp3) is 0.304. The normalized spacial score (nSPS) is 19.4. The highest BCUT2D eigenvalue weighted by Gasteiger charge is 2.41. The Bertz CT molecular complexity index is 1070. The zero-order chi connectivity index (χ0) is 20.5. The van der Waals surface area contributed by atoms with Gasteiger partial charge in [-0.25, -0.2) is 9.37 Å². The van der Waals surface area contributed by atoms with E-state index in [1.54, 1.807) is 23.5 Å². The Morgan fingerprint density at radius 3 is 2.48 bits per heavy atom. The van der Waals surface area contributed by atoms with Gasteiger partial charge in [0.15, 0.2) is 0 Å². The maximum atomic E-state index is 13.0. The molecule has 0 N–H and O–H groups in total. The minimum absolute atomic E-state index is 0.0876. The van der Waals surface area contributed by atoms with Crippen molar-refractivity contribution in [3.8, 4) is 0 Å². The summed E-state index contributed by atoms with van der Waals surface area (Å²) in [5.74, 6) is 0.0876. The first kappa shape index (κ1) is 20.1. The van der Waals surface area contributed by atoms with E-state index in [4.69, 9.17) is 0 Å². The van der Waals surface area contributed by atoms with Crippen LogP contribution in [0.3, 0.4) is 0 Å². The number of rotatable bonds is 4. The lowest BCUT2D eigenvalue weighted by Crippen LogP contribution is -2.30. The summed E-state index contributed by atoms with van der Waals surface area (Å²) in [6.07, 6.45) is 6.13. The van der Waals surface area contributed by atoms with Gasteiger partial charge in [-0.3, -0.25) is 0 Å². The summed E-state index contributed by atoms with van der Waals surface area (Å²) in [6.45, 7) is 8.65. The fourth-order valence-corrected chi connectivity index (χ4v) is 6.04. The van der Waals surface area contributed by atoms with Crippen molar-refractivity contribution < 1.29 is 9.37 Å². The van der Waals surface area contributed by atoms with Gasteiger partial charge in [-0.05, 0) is 62.4 Å². The Morgan fingerprint density at radius 2 is 1.79 bits per heavy atom. The first-order valence-corrected chi connectivity index (χ1v) is 12.1. The van der Waals surface area contributed by atoms with E-state index in [0.29, 0.717) is 6.54 Å². The summed E-state index contributed by atoms with van der Waals surface area (Å²) in [6, 6.07) is 12.9. The predicted molar refractivity (Wildman–Crippen MR) is 126 cm³/mol. The zero-order valence-corrected chi connectivity index (χ0v) is 18.9. The molecule has 2 heterocycles. The number of thioether (sulfide) groups is 2. The third-order valence-corrected chi connectivity index (χ3v) is 7.27. The molecule has 29 heavy (non-hydrogen) atoms. The van der Waals surface area contributed by atoms with Gasteiger partial charge in [0, 0.05) is 16.8 Å². The van der Waals surface area contributed by atoms with E-state index in [1.165, 1.54) is 21.4 Å². The molecule has 150 valence electrons. The third-order valence-electron chi connectivity index (χ3n) is 5.35. The van der Waals surface area contributed by atoms with Crippen LogP contribution >= 0.6 is 23.5 Å². The summed E-state index contributed by atoms with van der Waals surface area (Å²) in [7, 11) is 0. The molecule has 6 heteroatoms. The van der Waals surface area contributed by atoms with Crippen molar-refractivity contribution in [2.75, 3.05) is 30.8 Å². The molecule has 0 radical (unpaired) electrons. The number of amidine groups is 1. The van der Waals surface area contributed by atoms with E-state index in [9.17, 15) is 4.79 Å². The third kappa shape index (κ3) is 3.28. The van der Waals surface area contributed by atoms with Gasteiger partial charge in [-0.15, -0.1) is 0 Å². The molecular weight excluding hydrogens is 398 g/mol. The Morgan fingerprint density at radius 1 is 1.03 bits per heavy atom. The molecule has 2 aliphatic heterocycles. The van der Waals surface area contributed by atoms with Crippen LogP contribution in [0, 0.1) is 0 Å². The second kappa shape index (κ2) is 8.28. The maximum Gasteiger partial charge on any atom is 0.381 e. The van der Waals surface area contributed by atoms with Crippen molar-refractivity contribution in [3.05, 3.63) is 59.3 Å². The lowest BCUT2D eigenvalue weighted by atomic mass is 10.1. The van der Waals surface area contributed by atoms with Gasteiger partial charge in [-0.2, -0.15) is 4.90 Å². The number of amides is 1. The number of allylic oxidation sites excluding steroid dienone is 2. The van der Waals surface area contributed by atoms with Gasteiger partial charge in [0.25, 0.3) is 0 Å². The van der Waals surface area contributed by atoms with Gasteiger partial charge in [0.1, 0.15) is 0 Å². The van der Waals surface area contributed by atoms with E-state index in [1.807, 2.05) is 24.2 Å². The number of nitrogens with zero attached hydrogens (tertiary/aromatic N) is 3. The molecular formula is C23H26N3OS2+. The monoisotopic (exact) mass is 424 g/mol. The number of benzene rings is 2. The first-order chi connectivity index (χ1) is 14.1. The number of carbonyl (C=O) groups is 1. The molecule has 1 amide bonds. The van der Waals surface area contributed by atoms with Gasteiger partial charge in [-0.1, -0.05) is 42.1 Å². The number of fused-ring (bicyclic) bond motifs is 3. The minimum Gasteiger partial charge on any atom is -0.335 e. The number of likely N-dealkylation sites (N-methyl/N-ethyl adjacent to an activating group) is 2. The molecule has 0 spiro atoms. The molecule has 0 saturated heterocycles. The van der Waals surface area contributed by atoms with E-state index in [-0.39, 0.29) is 5.91 Å². The Kier molecular flexibility index (Phi) is 5.74. The molecule has 2 aromatic rings. The van der Waals surface area contributed by atoms with Crippen LogP contribution in [0.2, 0.25) is 0 Å². The molecule has 0 aliphatic carbocycles. The summed E-state index contributed by atoms with van der Waals surface area (Å²) >= 11 is 3.41. The highest BCUT2D eigenvalue weighted by atomic mass is 32.2. The Hall–Kier alpha value is -2.18.